The van der Waals surface area contributed by atoms with Crippen molar-refractivity contribution >= 4 is 34.3 Å². The zero-order chi connectivity index (χ0) is 31.5. The van der Waals surface area contributed by atoms with Gasteiger partial charge in [0.2, 0.25) is 5.91 Å². The Kier molecular flexibility index (Phi) is 9.04. The fourth-order valence-corrected chi connectivity index (χ4v) is 6.39. The maximum Gasteiger partial charge on any atom is 0.270 e. The van der Waals surface area contributed by atoms with Crippen LogP contribution in [-0.4, -0.2) is 51.5 Å². The van der Waals surface area contributed by atoms with Gasteiger partial charge in [-0.2, -0.15) is 5.10 Å². The van der Waals surface area contributed by atoms with Gasteiger partial charge < -0.3 is 16.8 Å². The van der Waals surface area contributed by atoms with Gasteiger partial charge in [0.05, 0.1) is 23.4 Å². The quantitative estimate of drug-likeness (QED) is 0.219. The van der Waals surface area contributed by atoms with Crippen molar-refractivity contribution in [1.29, 1.82) is 0 Å². The van der Waals surface area contributed by atoms with E-state index in [1.54, 1.807) is 24.4 Å². The number of amides is 3. The molecule has 6 N–H and O–H groups in total. The third-order valence-electron chi connectivity index (χ3n) is 9.45. The Morgan fingerprint density at radius 3 is 2.42 bits per heavy atom. The highest BCUT2D eigenvalue weighted by Gasteiger charge is 2.35. The van der Waals surface area contributed by atoms with Crippen LogP contribution < -0.4 is 21.7 Å². The van der Waals surface area contributed by atoms with Gasteiger partial charge in [-0.25, -0.2) is 9.88 Å². The summed E-state index contributed by atoms with van der Waals surface area (Å²) in [5.74, 6) is -0.622. The van der Waals surface area contributed by atoms with Gasteiger partial charge in [0.25, 0.3) is 11.8 Å². The van der Waals surface area contributed by atoms with Gasteiger partial charge in [-0.3, -0.25) is 19.5 Å². The van der Waals surface area contributed by atoms with Crippen LogP contribution in [0.15, 0.2) is 60.8 Å². The lowest BCUT2D eigenvalue weighted by molar-refractivity contribution is -0.130. The van der Waals surface area contributed by atoms with Crippen LogP contribution in [0, 0.1) is 18.8 Å². The highest BCUT2D eigenvalue weighted by atomic mass is 16.2. The molecule has 4 aromatic rings. The maximum atomic E-state index is 13.9. The summed E-state index contributed by atoms with van der Waals surface area (Å²) in [7, 11) is 0. The average Bonchev–Trinajstić information content (AvgIpc) is 3.51. The van der Waals surface area contributed by atoms with Crippen LogP contribution in [0.1, 0.15) is 66.7 Å². The van der Waals surface area contributed by atoms with Crippen molar-refractivity contribution in [3.05, 3.63) is 77.7 Å². The van der Waals surface area contributed by atoms with Crippen molar-refractivity contribution in [3.8, 4) is 11.1 Å². The van der Waals surface area contributed by atoms with Crippen LogP contribution in [0.3, 0.4) is 0 Å². The molecule has 0 unspecified atom stereocenters. The van der Waals surface area contributed by atoms with Crippen molar-refractivity contribution in [2.45, 2.75) is 70.4 Å². The van der Waals surface area contributed by atoms with E-state index >= 15 is 0 Å². The number of anilines is 1. The van der Waals surface area contributed by atoms with Crippen LogP contribution in [0.5, 0.6) is 0 Å². The molecule has 10 heteroatoms. The minimum atomic E-state index is -0.922. The number of hydrogen-bond acceptors (Lipinski definition) is 7. The molecule has 2 saturated carbocycles. The number of nitrogens with two attached hydrogens (primary N) is 2. The highest BCUT2D eigenvalue weighted by molar-refractivity contribution is 6.17. The largest absolute Gasteiger partial charge is 0.348 e. The molecule has 2 aliphatic carbocycles. The van der Waals surface area contributed by atoms with E-state index in [-0.39, 0.29) is 30.2 Å². The van der Waals surface area contributed by atoms with E-state index in [2.05, 4.69) is 20.5 Å². The summed E-state index contributed by atoms with van der Waals surface area (Å²) in [6, 6.07) is 16.2. The van der Waals surface area contributed by atoms with Gasteiger partial charge in [0.1, 0.15) is 5.69 Å². The summed E-state index contributed by atoms with van der Waals surface area (Å²) >= 11 is 0. The molecule has 2 heterocycles. The summed E-state index contributed by atoms with van der Waals surface area (Å²) in [6.45, 7) is 2.51. The number of benzene rings is 2. The number of pyridine rings is 1. The van der Waals surface area contributed by atoms with Crippen LogP contribution in [0.4, 0.5) is 5.69 Å². The van der Waals surface area contributed by atoms with E-state index in [4.69, 9.17) is 11.5 Å². The molecule has 10 nitrogen and oxygen atoms in total. The van der Waals surface area contributed by atoms with E-state index < -0.39 is 11.9 Å². The number of carbonyl (C=O) groups is 3. The molecular formula is C35H41N7O3. The maximum absolute atomic E-state index is 13.9. The summed E-state index contributed by atoms with van der Waals surface area (Å²) < 4.78 is 0. The molecule has 6 rings (SSSR count). The molecule has 2 aromatic heterocycles. The molecular weight excluding hydrogens is 566 g/mol. The van der Waals surface area contributed by atoms with Crippen molar-refractivity contribution in [3.63, 3.8) is 0 Å². The Hall–Kier alpha value is -4.41. The number of aromatic nitrogens is 3. The molecule has 0 bridgehead atoms. The molecule has 234 valence electrons. The van der Waals surface area contributed by atoms with Gasteiger partial charge in [-0.05, 0) is 106 Å². The van der Waals surface area contributed by atoms with Gasteiger partial charge in [0, 0.05) is 28.6 Å². The first kappa shape index (κ1) is 30.6. The smallest absolute Gasteiger partial charge is 0.270 e. The second kappa shape index (κ2) is 13.3. The summed E-state index contributed by atoms with van der Waals surface area (Å²) in [5, 5.41) is 10.9. The van der Waals surface area contributed by atoms with Gasteiger partial charge >= 0.3 is 0 Å². The van der Waals surface area contributed by atoms with Crippen molar-refractivity contribution < 1.29 is 14.4 Å². The molecule has 2 aromatic carbocycles. The van der Waals surface area contributed by atoms with Crippen molar-refractivity contribution in [2.24, 2.45) is 23.3 Å². The minimum Gasteiger partial charge on any atom is -0.348 e. The molecule has 0 spiro atoms. The Bertz CT molecular complexity index is 1690. The lowest BCUT2D eigenvalue weighted by atomic mass is 9.81. The number of nitrogens with one attached hydrogen (secondary N) is 2. The Morgan fingerprint density at radius 2 is 1.76 bits per heavy atom. The fourth-order valence-electron chi connectivity index (χ4n) is 6.39. The third-order valence-corrected chi connectivity index (χ3v) is 9.45. The van der Waals surface area contributed by atoms with Crippen LogP contribution in [0.25, 0.3) is 22.0 Å². The molecule has 3 amide bonds. The van der Waals surface area contributed by atoms with Gasteiger partial charge in [-0.15, -0.1) is 0 Å². The number of imide groups is 1. The molecule has 1 atom stereocenters. The van der Waals surface area contributed by atoms with Crippen LogP contribution in [-0.2, 0) is 16.0 Å². The zero-order valence-electron chi connectivity index (χ0n) is 25.7. The number of fused-ring (bicyclic) bond motifs is 1. The lowest BCUT2D eigenvalue weighted by Gasteiger charge is -2.32. The summed E-state index contributed by atoms with van der Waals surface area (Å²) in [5.41, 5.74) is 17.6. The van der Waals surface area contributed by atoms with Gasteiger partial charge in [-0.1, -0.05) is 30.3 Å². The predicted octanol–water partition coefficient (Wildman–Crippen LogP) is 4.41. The predicted molar refractivity (Wildman–Crippen MR) is 174 cm³/mol. The normalized spacial score (nSPS) is 19.1. The van der Waals surface area contributed by atoms with Gasteiger partial charge in [0.15, 0.2) is 0 Å². The molecule has 2 aliphatic rings. The first-order valence-corrected chi connectivity index (χ1v) is 15.9. The van der Waals surface area contributed by atoms with Crippen molar-refractivity contribution in [1.82, 2.24) is 20.5 Å². The molecule has 0 radical (unpaired) electrons. The Morgan fingerprint density at radius 1 is 1.00 bits per heavy atom. The molecule has 45 heavy (non-hydrogen) atoms. The summed E-state index contributed by atoms with van der Waals surface area (Å²) in [4.78, 5) is 46.2. The fraction of sp³-hybridized carbons (Fsp3) is 0.400. The van der Waals surface area contributed by atoms with E-state index in [0.29, 0.717) is 36.7 Å². The second-order valence-electron chi connectivity index (χ2n) is 12.5. The number of nitrogens with zero attached hydrogens (tertiary/aromatic N) is 3. The third kappa shape index (κ3) is 6.67. The summed E-state index contributed by atoms with van der Waals surface area (Å²) in [6.07, 6.45) is 8.33. The number of aryl methyl sites for hydroxylation is 1. The topological polar surface area (TPSA) is 160 Å². The van der Waals surface area contributed by atoms with E-state index in [0.717, 1.165) is 65.4 Å². The Labute approximate surface area is 263 Å². The van der Waals surface area contributed by atoms with Crippen LogP contribution in [0.2, 0.25) is 0 Å². The average molecular weight is 608 g/mol. The zero-order valence-corrected chi connectivity index (χ0v) is 25.7. The number of hydrogen-bond donors (Lipinski definition) is 4. The minimum absolute atomic E-state index is 0.136. The molecule has 2 fully saturated rings. The van der Waals surface area contributed by atoms with Crippen LogP contribution >= 0.6 is 0 Å². The first-order chi connectivity index (χ1) is 21.8. The van der Waals surface area contributed by atoms with E-state index in [1.807, 2.05) is 43.3 Å². The number of rotatable bonds is 9. The Balaban J connectivity index is 1.17. The standard InChI is InChI=1S/C35H41N7O3/c1-21-29(15-16-31(39-21)33(43)40-27-3-2-4-27)24-9-5-22(6-10-24)17-30(37)35(45)42(28-14-13-26-20-38-41-32(26)18-28)34(44)25-11-7-23(19-36)8-12-25/h5-6,9-10,13-16,18,20,23,25,27,30H,2-4,7-8,11-12,17,19,36-37H2,1H3,(H,38,41)(H,40,43)/t23?,25?,30-/m0/s1. The van der Waals surface area contributed by atoms with Crippen molar-refractivity contribution in [2.75, 3.05) is 11.4 Å². The first-order valence-electron chi connectivity index (χ1n) is 15.9. The number of H-pyrrole nitrogens is 1. The number of carbonyl (C=O) groups excluding carboxylic acids is 3. The monoisotopic (exact) mass is 607 g/mol. The highest BCUT2D eigenvalue weighted by Crippen LogP contribution is 2.32. The molecule has 0 saturated heterocycles. The lowest BCUT2D eigenvalue weighted by Crippen LogP contribution is -2.50. The van der Waals surface area contributed by atoms with E-state index in [9.17, 15) is 14.4 Å². The SMILES string of the molecule is Cc1nc(C(=O)NC2CCC2)ccc1-c1ccc(C[C@H](N)C(=O)N(C(=O)C2CCC(CN)CC2)c2ccc3cn[nH]c3c2)cc1. The second-order valence-corrected chi connectivity index (χ2v) is 12.5. The van der Waals surface area contributed by atoms with E-state index in [1.165, 1.54) is 4.90 Å². The molecule has 0 aliphatic heterocycles. The number of aromatic amines is 1.